The molecule has 0 fully saturated rings. The molecule has 0 bridgehead atoms. The lowest BCUT2D eigenvalue weighted by molar-refractivity contribution is 0.573. The molecule has 3 nitrogen and oxygen atoms in total. The molecule has 1 unspecified atom stereocenters. The average molecular weight is 298 g/mol. The van der Waals surface area contributed by atoms with Crippen LogP contribution in [0.5, 0.6) is 0 Å². The fourth-order valence-corrected chi connectivity index (χ4v) is 3.21. The van der Waals surface area contributed by atoms with Crippen molar-refractivity contribution in [1.82, 2.24) is 9.97 Å². The Morgan fingerprint density at radius 2 is 1.95 bits per heavy atom. The van der Waals surface area contributed by atoms with Crippen LogP contribution in [-0.4, -0.2) is 16.0 Å². The summed E-state index contributed by atoms with van der Waals surface area (Å²) in [5.74, 6) is 0. The van der Waals surface area contributed by atoms with Gasteiger partial charge in [-0.25, -0.2) is 4.98 Å². The van der Waals surface area contributed by atoms with Crippen molar-refractivity contribution >= 4 is 22.6 Å². The molecule has 0 aliphatic heterocycles. The number of hydrogen-bond donors (Lipinski definition) is 2. The molecule has 0 saturated heterocycles. The molecule has 106 valence electrons. The number of rotatable bonds is 1. The van der Waals surface area contributed by atoms with Gasteiger partial charge in [-0.05, 0) is 43.5 Å². The van der Waals surface area contributed by atoms with Gasteiger partial charge in [-0.15, -0.1) is 0 Å². The highest BCUT2D eigenvalue weighted by Gasteiger charge is 2.21. The maximum atomic E-state index is 6.11. The minimum absolute atomic E-state index is 0.248. The van der Waals surface area contributed by atoms with Crippen LogP contribution in [0, 0.1) is 0 Å². The molecule has 1 aromatic carbocycles. The Bertz CT molecular complexity index is 805. The number of hydrogen-bond acceptors (Lipinski definition) is 2. The maximum Gasteiger partial charge on any atom is 0.0921 e. The van der Waals surface area contributed by atoms with E-state index in [4.69, 9.17) is 22.3 Å². The van der Waals surface area contributed by atoms with Crippen molar-refractivity contribution in [2.24, 2.45) is 5.73 Å². The predicted molar refractivity (Wildman–Crippen MR) is 86.5 cm³/mol. The SMILES string of the molecule is NC1CCc2[nH]c3ccc(-c4ccc(Cl)cc4)nc3c2C1. The number of fused-ring (bicyclic) bond motifs is 3. The van der Waals surface area contributed by atoms with Gasteiger partial charge in [0.15, 0.2) is 0 Å². The van der Waals surface area contributed by atoms with Gasteiger partial charge < -0.3 is 10.7 Å². The van der Waals surface area contributed by atoms with Gasteiger partial charge in [0.2, 0.25) is 0 Å². The van der Waals surface area contributed by atoms with E-state index in [0.29, 0.717) is 0 Å². The van der Waals surface area contributed by atoms with Crippen LogP contribution in [0.1, 0.15) is 17.7 Å². The minimum Gasteiger partial charge on any atom is -0.357 e. The quantitative estimate of drug-likeness (QED) is 0.719. The van der Waals surface area contributed by atoms with E-state index in [1.807, 2.05) is 30.3 Å². The van der Waals surface area contributed by atoms with E-state index in [-0.39, 0.29) is 6.04 Å². The van der Waals surface area contributed by atoms with E-state index < -0.39 is 0 Å². The topological polar surface area (TPSA) is 54.7 Å². The number of aromatic amines is 1. The van der Waals surface area contributed by atoms with Gasteiger partial charge in [0.25, 0.3) is 0 Å². The van der Waals surface area contributed by atoms with E-state index >= 15 is 0 Å². The van der Waals surface area contributed by atoms with Gasteiger partial charge in [-0.2, -0.15) is 0 Å². The smallest absolute Gasteiger partial charge is 0.0921 e. The Labute approximate surface area is 128 Å². The van der Waals surface area contributed by atoms with Crippen molar-refractivity contribution in [2.75, 3.05) is 0 Å². The normalized spacial score (nSPS) is 17.9. The number of aryl methyl sites for hydroxylation is 1. The Morgan fingerprint density at radius 3 is 2.76 bits per heavy atom. The molecule has 1 aliphatic carbocycles. The van der Waals surface area contributed by atoms with Crippen LogP contribution in [0.3, 0.4) is 0 Å². The highest BCUT2D eigenvalue weighted by molar-refractivity contribution is 6.30. The van der Waals surface area contributed by atoms with E-state index in [9.17, 15) is 0 Å². The summed E-state index contributed by atoms with van der Waals surface area (Å²) in [4.78, 5) is 8.34. The van der Waals surface area contributed by atoms with Crippen LogP contribution in [-0.2, 0) is 12.8 Å². The molecule has 0 amide bonds. The van der Waals surface area contributed by atoms with E-state index in [0.717, 1.165) is 46.6 Å². The third-order valence-corrected chi connectivity index (χ3v) is 4.45. The van der Waals surface area contributed by atoms with Gasteiger partial charge in [-0.3, -0.25) is 0 Å². The number of H-pyrrole nitrogens is 1. The molecule has 0 saturated carbocycles. The zero-order valence-corrected chi connectivity index (χ0v) is 12.3. The van der Waals surface area contributed by atoms with Gasteiger partial charge in [0, 0.05) is 27.9 Å². The first kappa shape index (κ1) is 12.9. The van der Waals surface area contributed by atoms with Crippen LogP contribution < -0.4 is 5.73 Å². The first-order chi connectivity index (χ1) is 10.2. The van der Waals surface area contributed by atoms with E-state index in [1.54, 1.807) is 0 Å². The number of nitrogens with two attached hydrogens (primary N) is 1. The zero-order chi connectivity index (χ0) is 14.4. The number of nitrogens with zero attached hydrogens (tertiary/aromatic N) is 1. The standard InChI is InChI=1S/C17H16ClN3/c18-11-3-1-10(2-4-11)14-7-8-16-17(21-14)13-9-12(19)5-6-15(13)20-16/h1-4,7-8,12,20H,5-6,9,19H2. The Kier molecular flexibility index (Phi) is 2.98. The predicted octanol–water partition coefficient (Wildman–Crippen LogP) is 3.70. The minimum atomic E-state index is 0.248. The van der Waals surface area contributed by atoms with Crippen molar-refractivity contribution in [1.29, 1.82) is 0 Å². The van der Waals surface area contributed by atoms with Crippen LogP contribution in [0.15, 0.2) is 36.4 Å². The number of halogens is 1. The fourth-order valence-electron chi connectivity index (χ4n) is 3.08. The maximum absolute atomic E-state index is 6.11. The van der Waals surface area contributed by atoms with Crippen LogP contribution in [0.4, 0.5) is 0 Å². The van der Waals surface area contributed by atoms with Gasteiger partial charge in [0.05, 0.1) is 16.7 Å². The lowest BCUT2D eigenvalue weighted by atomic mass is 9.93. The molecule has 0 spiro atoms. The van der Waals surface area contributed by atoms with Gasteiger partial charge in [0.1, 0.15) is 0 Å². The van der Waals surface area contributed by atoms with Crippen LogP contribution in [0.2, 0.25) is 5.02 Å². The second kappa shape index (κ2) is 4.86. The van der Waals surface area contributed by atoms with Crippen LogP contribution in [0.25, 0.3) is 22.3 Å². The molecule has 21 heavy (non-hydrogen) atoms. The molecule has 1 aliphatic rings. The Hall–Kier alpha value is -1.84. The summed E-state index contributed by atoms with van der Waals surface area (Å²) in [5, 5.41) is 0.741. The highest BCUT2D eigenvalue weighted by atomic mass is 35.5. The lowest BCUT2D eigenvalue weighted by Gasteiger charge is -2.17. The molecular weight excluding hydrogens is 282 g/mol. The van der Waals surface area contributed by atoms with Crippen LogP contribution >= 0.6 is 11.6 Å². The summed E-state index contributed by atoms with van der Waals surface area (Å²) in [6.45, 7) is 0. The number of nitrogens with one attached hydrogen (secondary N) is 1. The summed E-state index contributed by atoms with van der Waals surface area (Å²) in [6, 6.07) is 12.2. The Morgan fingerprint density at radius 1 is 1.14 bits per heavy atom. The number of pyridine rings is 1. The summed E-state index contributed by atoms with van der Waals surface area (Å²) in [5.41, 5.74) is 12.9. The van der Waals surface area contributed by atoms with Crippen molar-refractivity contribution in [2.45, 2.75) is 25.3 Å². The second-order valence-electron chi connectivity index (χ2n) is 5.68. The third-order valence-electron chi connectivity index (χ3n) is 4.20. The van der Waals surface area contributed by atoms with Crippen molar-refractivity contribution < 1.29 is 0 Å². The summed E-state index contributed by atoms with van der Waals surface area (Å²) in [7, 11) is 0. The molecular formula is C17H16ClN3. The molecule has 2 heterocycles. The zero-order valence-electron chi connectivity index (χ0n) is 11.6. The molecule has 2 aromatic heterocycles. The number of aromatic nitrogens is 2. The molecule has 4 rings (SSSR count). The third kappa shape index (κ3) is 2.23. The monoisotopic (exact) mass is 297 g/mol. The number of benzene rings is 1. The highest BCUT2D eigenvalue weighted by Crippen LogP contribution is 2.30. The first-order valence-corrected chi connectivity index (χ1v) is 7.60. The summed E-state index contributed by atoms with van der Waals surface area (Å²) in [6.07, 6.45) is 2.97. The largest absolute Gasteiger partial charge is 0.357 e. The molecule has 3 aromatic rings. The summed E-state index contributed by atoms with van der Waals surface area (Å²) >= 11 is 5.95. The average Bonchev–Trinajstić information content (AvgIpc) is 2.85. The summed E-state index contributed by atoms with van der Waals surface area (Å²) < 4.78 is 0. The Balaban J connectivity index is 1.85. The second-order valence-corrected chi connectivity index (χ2v) is 6.12. The van der Waals surface area contributed by atoms with Crippen molar-refractivity contribution in [3.05, 3.63) is 52.7 Å². The van der Waals surface area contributed by atoms with Crippen molar-refractivity contribution in [3.63, 3.8) is 0 Å². The van der Waals surface area contributed by atoms with Gasteiger partial charge in [-0.1, -0.05) is 23.7 Å². The lowest BCUT2D eigenvalue weighted by Crippen LogP contribution is -2.27. The molecule has 4 heteroatoms. The van der Waals surface area contributed by atoms with E-state index in [1.165, 1.54) is 11.3 Å². The molecule has 3 N–H and O–H groups in total. The fraction of sp³-hybridized carbons (Fsp3) is 0.235. The first-order valence-electron chi connectivity index (χ1n) is 7.23. The van der Waals surface area contributed by atoms with Crippen molar-refractivity contribution in [3.8, 4) is 11.3 Å². The molecule has 0 radical (unpaired) electrons. The molecule has 1 atom stereocenters. The van der Waals surface area contributed by atoms with E-state index in [2.05, 4.69) is 11.1 Å². The van der Waals surface area contributed by atoms with Gasteiger partial charge >= 0.3 is 0 Å².